The quantitative estimate of drug-likeness (QED) is 0.870. The summed E-state index contributed by atoms with van der Waals surface area (Å²) in [5.41, 5.74) is 0.890. The molecule has 1 amide bonds. The second kappa shape index (κ2) is 7.77. The van der Waals surface area contributed by atoms with Crippen molar-refractivity contribution in [3.63, 3.8) is 0 Å². The third kappa shape index (κ3) is 5.30. The van der Waals surface area contributed by atoms with Crippen LogP contribution in [0.5, 0.6) is 0 Å². The van der Waals surface area contributed by atoms with Crippen LogP contribution in [0.15, 0.2) is 29.2 Å². The van der Waals surface area contributed by atoms with E-state index in [2.05, 4.69) is 10.6 Å². The molecular weight excluding hydrogens is 312 g/mol. The summed E-state index contributed by atoms with van der Waals surface area (Å²) in [6, 6.07) is 6.49. The molecule has 2 rings (SSSR count). The standard InChI is InChI=1S/C14H20N2O3S.ClH/c1-20(18,19)12-7-5-11(6-8-12)10-16-14(17)13-4-2-3-9-15-13;/h5-8,13,15H,2-4,9-10H2,1H3,(H,16,17);1H/t13-;/m1./s1. The SMILES string of the molecule is CS(=O)(=O)c1ccc(CNC(=O)[C@H]2CCCCN2)cc1.Cl. The topological polar surface area (TPSA) is 75.3 Å². The van der Waals surface area contributed by atoms with Crippen LogP contribution in [-0.2, 0) is 21.2 Å². The molecule has 1 aromatic carbocycles. The molecule has 0 aliphatic carbocycles. The smallest absolute Gasteiger partial charge is 0.237 e. The van der Waals surface area contributed by atoms with Gasteiger partial charge in [-0.3, -0.25) is 4.79 Å². The van der Waals surface area contributed by atoms with Crippen molar-refractivity contribution in [3.05, 3.63) is 29.8 Å². The highest BCUT2D eigenvalue weighted by atomic mass is 35.5. The zero-order valence-electron chi connectivity index (χ0n) is 12.0. The molecule has 21 heavy (non-hydrogen) atoms. The average Bonchev–Trinajstić information content (AvgIpc) is 2.45. The van der Waals surface area contributed by atoms with E-state index >= 15 is 0 Å². The Kier molecular flexibility index (Phi) is 6.64. The second-order valence-electron chi connectivity index (χ2n) is 5.14. The zero-order valence-corrected chi connectivity index (χ0v) is 13.6. The predicted octanol–water partition coefficient (Wildman–Crippen LogP) is 1.27. The van der Waals surface area contributed by atoms with Gasteiger partial charge in [0, 0.05) is 12.8 Å². The van der Waals surface area contributed by atoms with Crippen LogP contribution in [0.3, 0.4) is 0 Å². The number of benzene rings is 1. The first kappa shape index (κ1) is 17.9. The Bertz CT molecular complexity index is 566. The first-order valence-corrected chi connectivity index (χ1v) is 8.66. The largest absolute Gasteiger partial charge is 0.351 e. The molecule has 7 heteroatoms. The van der Waals surface area contributed by atoms with Gasteiger partial charge in [0.1, 0.15) is 0 Å². The number of hydrogen-bond donors (Lipinski definition) is 2. The summed E-state index contributed by atoms with van der Waals surface area (Å²) in [5, 5.41) is 6.07. The van der Waals surface area contributed by atoms with E-state index in [4.69, 9.17) is 0 Å². The highest BCUT2D eigenvalue weighted by molar-refractivity contribution is 7.90. The molecule has 1 aliphatic rings. The van der Waals surface area contributed by atoms with Crippen LogP contribution in [0.25, 0.3) is 0 Å². The van der Waals surface area contributed by atoms with Gasteiger partial charge in [-0.2, -0.15) is 0 Å². The number of carbonyl (C=O) groups is 1. The summed E-state index contributed by atoms with van der Waals surface area (Å²) < 4.78 is 22.7. The van der Waals surface area contributed by atoms with E-state index in [0.717, 1.165) is 31.4 Å². The molecular formula is C14H21ClN2O3S. The maximum Gasteiger partial charge on any atom is 0.237 e. The lowest BCUT2D eigenvalue weighted by molar-refractivity contribution is -0.123. The van der Waals surface area contributed by atoms with Gasteiger partial charge in [0.25, 0.3) is 0 Å². The van der Waals surface area contributed by atoms with Crippen LogP contribution in [0, 0.1) is 0 Å². The minimum atomic E-state index is -3.17. The molecule has 0 aromatic heterocycles. The summed E-state index contributed by atoms with van der Waals surface area (Å²) in [5.74, 6) is 0.0110. The number of piperidine rings is 1. The van der Waals surface area contributed by atoms with Crippen LogP contribution in [0.1, 0.15) is 24.8 Å². The number of nitrogens with one attached hydrogen (secondary N) is 2. The van der Waals surface area contributed by atoms with E-state index in [0.29, 0.717) is 11.4 Å². The van der Waals surface area contributed by atoms with Gasteiger partial charge in [-0.15, -0.1) is 12.4 Å². The molecule has 1 atom stereocenters. The van der Waals surface area contributed by atoms with Gasteiger partial charge in [0.05, 0.1) is 10.9 Å². The molecule has 1 fully saturated rings. The highest BCUT2D eigenvalue weighted by Gasteiger charge is 2.19. The zero-order chi connectivity index (χ0) is 14.6. The molecule has 1 aliphatic heterocycles. The molecule has 2 N–H and O–H groups in total. The highest BCUT2D eigenvalue weighted by Crippen LogP contribution is 2.11. The van der Waals surface area contributed by atoms with Gasteiger partial charge in [0.15, 0.2) is 9.84 Å². The Morgan fingerprint density at radius 3 is 2.48 bits per heavy atom. The van der Waals surface area contributed by atoms with Crippen molar-refractivity contribution < 1.29 is 13.2 Å². The molecule has 0 unspecified atom stereocenters. The first-order chi connectivity index (χ1) is 9.47. The monoisotopic (exact) mass is 332 g/mol. The number of rotatable bonds is 4. The summed E-state index contributed by atoms with van der Waals surface area (Å²) in [4.78, 5) is 12.2. The second-order valence-corrected chi connectivity index (χ2v) is 7.15. The Labute approximate surface area is 131 Å². The van der Waals surface area contributed by atoms with Crippen molar-refractivity contribution in [1.82, 2.24) is 10.6 Å². The maximum absolute atomic E-state index is 11.9. The van der Waals surface area contributed by atoms with Gasteiger partial charge in [0.2, 0.25) is 5.91 Å². The van der Waals surface area contributed by atoms with Crippen molar-refractivity contribution in [3.8, 4) is 0 Å². The van der Waals surface area contributed by atoms with Crippen LogP contribution in [0.2, 0.25) is 0 Å². The minimum absolute atomic E-state index is 0. The van der Waals surface area contributed by atoms with Crippen molar-refractivity contribution in [2.24, 2.45) is 0 Å². The number of hydrogen-bond acceptors (Lipinski definition) is 4. The normalized spacial score (nSPS) is 18.6. The van der Waals surface area contributed by atoms with E-state index in [1.807, 2.05) is 0 Å². The predicted molar refractivity (Wildman–Crippen MR) is 84.3 cm³/mol. The van der Waals surface area contributed by atoms with Crippen LogP contribution >= 0.6 is 12.4 Å². The summed E-state index contributed by atoms with van der Waals surface area (Å²) in [6.45, 7) is 1.31. The number of amides is 1. The molecule has 0 bridgehead atoms. The van der Waals surface area contributed by atoms with Gasteiger partial charge < -0.3 is 10.6 Å². The third-order valence-electron chi connectivity index (χ3n) is 3.45. The Balaban J connectivity index is 0.00000220. The van der Waals surface area contributed by atoms with Crippen LogP contribution in [-0.4, -0.2) is 33.2 Å². The van der Waals surface area contributed by atoms with E-state index in [1.54, 1.807) is 24.3 Å². The average molecular weight is 333 g/mol. The van der Waals surface area contributed by atoms with E-state index in [9.17, 15) is 13.2 Å². The molecule has 1 saturated heterocycles. The first-order valence-electron chi connectivity index (χ1n) is 6.77. The molecule has 0 saturated carbocycles. The number of carbonyl (C=O) groups excluding carboxylic acids is 1. The fourth-order valence-corrected chi connectivity index (χ4v) is 2.87. The maximum atomic E-state index is 11.9. The fraction of sp³-hybridized carbons (Fsp3) is 0.500. The van der Waals surface area contributed by atoms with E-state index in [1.165, 1.54) is 6.26 Å². The van der Waals surface area contributed by atoms with Crippen molar-refractivity contribution >= 4 is 28.2 Å². The Hall–Kier alpha value is -1.11. The lowest BCUT2D eigenvalue weighted by Gasteiger charge is -2.22. The summed E-state index contributed by atoms with van der Waals surface area (Å²) in [6.07, 6.45) is 4.25. The van der Waals surface area contributed by atoms with Gasteiger partial charge in [-0.1, -0.05) is 18.6 Å². The number of halogens is 1. The molecule has 0 radical (unpaired) electrons. The lowest BCUT2D eigenvalue weighted by Crippen LogP contribution is -2.46. The summed E-state index contributed by atoms with van der Waals surface area (Å²) in [7, 11) is -3.17. The van der Waals surface area contributed by atoms with Crippen LogP contribution in [0.4, 0.5) is 0 Å². The summed E-state index contributed by atoms with van der Waals surface area (Å²) >= 11 is 0. The van der Waals surface area contributed by atoms with Gasteiger partial charge in [-0.25, -0.2) is 8.42 Å². The molecule has 5 nitrogen and oxygen atoms in total. The Morgan fingerprint density at radius 2 is 1.95 bits per heavy atom. The fourth-order valence-electron chi connectivity index (χ4n) is 2.24. The van der Waals surface area contributed by atoms with Gasteiger partial charge in [-0.05, 0) is 37.1 Å². The van der Waals surface area contributed by atoms with Crippen molar-refractivity contribution in [2.75, 3.05) is 12.8 Å². The van der Waals surface area contributed by atoms with Crippen molar-refractivity contribution in [1.29, 1.82) is 0 Å². The minimum Gasteiger partial charge on any atom is -0.351 e. The van der Waals surface area contributed by atoms with Crippen LogP contribution < -0.4 is 10.6 Å². The lowest BCUT2D eigenvalue weighted by atomic mass is 10.0. The molecule has 118 valence electrons. The van der Waals surface area contributed by atoms with Gasteiger partial charge >= 0.3 is 0 Å². The molecule has 1 heterocycles. The molecule has 1 aromatic rings. The number of sulfone groups is 1. The Morgan fingerprint density at radius 1 is 1.29 bits per heavy atom. The molecule has 0 spiro atoms. The van der Waals surface area contributed by atoms with Crippen molar-refractivity contribution in [2.45, 2.75) is 36.7 Å². The third-order valence-corrected chi connectivity index (χ3v) is 4.57. The van der Waals surface area contributed by atoms with E-state index in [-0.39, 0.29) is 24.4 Å². The van der Waals surface area contributed by atoms with E-state index < -0.39 is 9.84 Å².